The summed E-state index contributed by atoms with van der Waals surface area (Å²) in [5, 5.41) is 2.63. The molecule has 13 rings (SSSR count). The average molecular weight is 888 g/mol. The summed E-state index contributed by atoms with van der Waals surface area (Å²) in [5.74, 6) is 2.34. The molecule has 0 saturated heterocycles. The molecule has 1 unspecified atom stereocenters. The van der Waals surface area contributed by atoms with Crippen molar-refractivity contribution in [3.05, 3.63) is 247 Å². The predicted octanol–water partition coefficient (Wildman–Crippen LogP) is 17.2. The lowest BCUT2D eigenvalue weighted by molar-refractivity contribution is 0.953. The normalized spacial score (nSPS) is 15.0. The minimum absolute atomic E-state index is 0.203. The molecule has 1 atom stereocenters. The van der Waals surface area contributed by atoms with Gasteiger partial charge in [-0.2, -0.15) is 0 Å². The Balaban J connectivity index is 1.02. The van der Waals surface area contributed by atoms with E-state index in [2.05, 4.69) is 218 Å². The number of benzene rings is 8. The van der Waals surface area contributed by atoms with E-state index in [-0.39, 0.29) is 5.92 Å². The SMILES string of the molecule is C1=CCCC(c2nc(C3=CCCC=C3)nc(-c3cc(-c4cc(-c5ccccc5)cc(-c5ccccc5)c4)ccc3-c3ccc4c(c3)sc3ccc5c(c34)-c3ccccc3C5c3ccccc3)n2)=C1. The van der Waals surface area contributed by atoms with Crippen molar-refractivity contribution in [3.63, 3.8) is 0 Å². The summed E-state index contributed by atoms with van der Waals surface area (Å²) < 4.78 is 2.57. The third kappa shape index (κ3) is 7.17. The summed E-state index contributed by atoms with van der Waals surface area (Å²) in [7, 11) is 0. The Bertz CT molecular complexity index is 3670. The van der Waals surface area contributed by atoms with Crippen molar-refractivity contribution < 1.29 is 0 Å². The molecule has 3 nitrogen and oxygen atoms in total. The molecule has 0 spiro atoms. The highest BCUT2D eigenvalue weighted by molar-refractivity contribution is 7.26. The van der Waals surface area contributed by atoms with Crippen LogP contribution in [0.1, 0.15) is 59.9 Å². The van der Waals surface area contributed by atoms with Crippen LogP contribution in [0, 0.1) is 0 Å². The van der Waals surface area contributed by atoms with Crippen LogP contribution in [-0.2, 0) is 0 Å². The molecule has 2 heterocycles. The highest BCUT2D eigenvalue weighted by Gasteiger charge is 2.32. The Kier molecular flexibility index (Phi) is 10.1. The van der Waals surface area contributed by atoms with Crippen LogP contribution >= 0.6 is 11.3 Å². The Labute approximate surface area is 400 Å². The van der Waals surface area contributed by atoms with Gasteiger partial charge in [-0.15, -0.1) is 11.3 Å². The summed E-state index contributed by atoms with van der Waals surface area (Å²) >= 11 is 1.88. The van der Waals surface area contributed by atoms with E-state index < -0.39 is 0 Å². The maximum atomic E-state index is 5.39. The number of hydrogen-bond donors (Lipinski definition) is 0. The zero-order chi connectivity index (χ0) is 45.0. The minimum atomic E-state index is 0.203. The van der Waals surface area contributed by atoms with E-state index >= 15 is 0 Å². The molecule has 8 aromatic carbocycles. The second-order valence-corrected chi connectivity index (χ2v) is 19.1. The molecule has 0 fully saturated rings. The Morgan fingerprint density at radius 2 is 1.13 bits per heavy atom. The fourth-order valence-electron chi connectivity index (χ4n) is 10.6. The Morgan fingerprint density at radius 3 is 1.87 bits per heavy atom. The van der Waals surface area contributed by atoms with Gasteiger partial charge in [-0.3, -0.25) is 0 Å². The van der Waals surface area contributed by atoms with Crippen molar-refractivity contribution in [2.75, 3.05) is 0 Å². The van der Waals surface area contributed by atoms with Gasteiger partial charge >= 0.3 is 0 Å². The van der Waals surface area contributed by atoms with Gasteiger partial charge in [0.1, 0.15) is 0 Å². The van der Waals surface area contributed by atoms with Crippen molar-refractivity contribution in [2.24, 2.45) is 0 Å². The van der Waals surface area contributed by atoms with Crippen LogP contribution in [0.2, 0.25) is 0 Å². The third-order valence-electron chi connectivity index (χ3n) is 13.9. The molecule has 0 aliphatic heterocycles. The first kappa shape index (κ1) is 40.2. The molecule has 0 amide bonds. The second-order valence-electron chi connectivity index (χ2n) is 18.0. The third-order valence-corrected chi connectivity index (χ3v) is 15.0. The standard InChI is InChI=1S/C64H45N3S/c1-6-18-41(19-7-1)48-36-49(42-20-8-2-9-21-42)38-50(37-48)46-30-32-51(56(39-46)64-66-62(44-24-12-4-13-25-44)65-63(67-64)45-26-14-5-15-27-45)47-31-33-54-58(40-47)68-57-35-34-55-59(43-22-10-3-11-23-43)52-28-16-17-29-53(52)60(55)61(54)57/h1-4,6-12,14,16-24,26-40,59H,5,13,15,25H2. The van der Waals surface area contributed by atoms with Gasteiger partial charge in [-0.1, -0.05) is 182 Å². The van der Waals surface area contributed by atoms with Gasteiger partial charge in [0.05, 0.1) is 0 Å². The summed E-state index contributed by atoms with van der Waals surface area (Å²) in [6.45, 7) is 0. The lowest BCUT2D eigenvalue weighted by atomic mass is 9.89. The predicted molar refractivity (Wildman–Crippen MR) is 285 cm³/mol. The fourth-order valence-corrected chi connectivity index (χ4v) is 11.8. The summed E-state index contributed by atoms with van der Waals surface area (Å²) in [5.41, 5.74) is 19.1. The topological polar surface area (TPSA) is 38.7 Å². The molecule has 0 bridgehead atoms. The van der Waals surface area contributed by atoms with Gasteiger partial charge in [0.15, 0.2) is 17.5 Å². The van der Waals surface area contributed by atoms with E-state index in [1.807, 2.05) is 11.3 Å². The van der Waals surface area contributed by atoms with Crippen LogP contribution in [0.4, 0.5) is 0 Å². The average Bonchev–Trinajstić information content (AvgIpc) is 3.97. The maximum Gasteiger partial charge on any atom is 0.164 e. The first-order chi connectivity index (χ1) is 33.7. The molecule has 68 heavy (non-hydrogen) atoms. The monoisotopic (exact) mass is 887 g/mol. The smallest absolute Gasteiger partial charge is 0.164 e. The molecule has 0 N–H and O–H groups in total. The molecular formula is C64H45N3S. The number of rotatable bonds is 8. The number of fused-ring (bicyclic) bond motifs is 7. The fraction of sp³-hybridized carbons (Fsp3) is 0.0781. The molecule has 2 aromatic heterocycles. The largest absolute Gasteiger partial charge is 0.209 e. The number of thiophene rings is 1. The van der Waals surface area contributed by atoms with Gasteiger partial charge in [-0.05, 0) is 140 Å². The first-order valence-corrected chi connectivity index (χ1v) is 24.6. The van der Waals surface area contributed by atoms with Crippen LogP contribution in [0.25, 0.3) is 98.3 Å². The molecular weight excluding hydrogens is 843 g/mol. The number of nitrogens with zero attached hydrogens (tertiary/aromatic N) is 3. The summed E-state index contributed by atoms with van der Waals surface area (Å²) in [6.07, 6.45) is 17.0. The molecule has 3 aliphatic carbocycles. The first-order valence-electron chi connectivity index (χ1n) is 23.7. The van der Waals surface area contributed by atoms with Crippen molar-refractivity contribution in [1.82, 2.24) is 15.0 Å². The van der Waals surface area contributed by atoms with Gasteiger partial charge < -0.3 is 0 Å². The Hall–Kier alpha value is -8.05. The number of aromatic nitrogens is 3. The van der Waals surface area contributed by atoms with Gasteiger partial charge in [0, 0.05) is 37.2 Å². The van der Waals surface area contributed by atoms with Crippen molar-refractivity contribution in [2.45, 2.75) is 31.6 Å². The van der Waals surface area contributed by atoms with Crippen LogP contribution in [0.5, 0.6) is 0 Å². The number of hydrogen-bond acceptors (Lipinski definition) is 4. The lowest BCUT2D eigenvalue weighted by Gasteiger charge is -2.17. The minimum Gasteiger partial charge on any atom is -0.209 e. The van der Waals surface area contributed by atoms with E-state index in [1.165, 1.54) is 70.2 Å². The van der Waals surface area contributed by atoms with E-state index in [0.29, 0.717) is 11.6 Å². The highest BCUT2D eigenvalue weighted by Crippen LogP contribution is 2.54. The molecule has 322 valence electrons. The number of allylic oxidation sites excluding steroid dienone is 8. The molecule has 0 radical (unpaired) electrons. The van der Waals surface area contributed by atoms with E-state index in [0.717, 1.165) is 70.5 Å². The molecule has 10 aromatic rings. The van der Waals surface area contributed by atoms with Crippen molar-refractivity contribution >= 4 is 42.7 Å². The summed E-state index contributed by atoms with van der Waals surface area (Å²) in [4.78, 5) is 15.9. The highest BCUT2D eigenvalue weighted by atomic mass is 32.1. The van der Waals surface area contributed by atoms with E-state index in [1.54, 1.807) is 0 Å². The van der Waals surface area contributed by atoms with Crippen molar-refractivity contribution in [3.8, 4) is 67.0 Å². The van der Waals surface area contributed by atoms with Crippen LogP contribution in [0.3, 0.4) is 0 Å². The van der Waals surface area contributed by atoms with Gasteiger partial charge in [-0.25, -0.2) is 15.0 Å². The van der Waals surface area contributed by atoms with E-state index in [4.69, 9.17) is 15.0 Å². The lowest BCUT2D eigenvalue weighted by Crippen LogP contribution is -2.06. The second kappa shape index (κ2) is 17.0. The quantitative estimate of drug-likeness (QED) is 0.153. The Morgan fingerprint density at radius 1 is 0.441 bits per heavy atom. The zero-order valence-corrected chi connectivity index (χ0v) is 38.3. The zero-order valence-electron chi connectivity index (χ0n) is 37.4. The summed E-state index contributed by atoms with van der Waals surface area (Å²) in [6, 6.07) is 67.0. The molecule has 0 saturated carbocycles. The van der Waals surface area contributed by atoms with Crippen LogP contribution in [-0.4, -0.2) is 15.0 Å². The van der Waals surface area contributed by atoms with Gasteiger partial charge in [0.25, 0.3) is 0 Å². The van der Waals surface area contributed by atoms with Crippen LogP contribution in [0.15, 0.2) is 218 Å². The molecule has 3 aliphatic rings. The van der Waals surface area contributed by atoms with E-state index in [9.17, 15) is 0 Å². The van der Waals surface area contributed by atoms with Crippen LogP contribution < -0.4 is 0 Å². The van der Waals surface area contributed by atoms with Gasteiger partial charge in [0.2, 0.25) is 0 Å². The van der Waals surface area contributed by atoms with Crippen molar-refractivity contribution in [1.29, 1.82) is 0 Å². The molecule has 4 heteroatoms. The maximum absolute atomic E-state index is 5.39.